The zero-order chi connectivity index (χ0) is 14.2. The number of nitrogens with one attached hydrogen (secondary N) is 1. The van der Waals surface area contributed by atoms with Gasteiger partial charge in [-0.2, -0.15) is 0 Å². The van der Waals surface area contributed by atoms with Crippen molar-refractivity contribution < 1.29 is 9.53 Å². The molecule has 2 rings (SSSR count). The summed E-state index contributed by atoms with van der Waals surface area (Å²) in [5.74, 6) is -0.00720. The highest BCUT2D eigenvalue weighted by molar-refractivity contribution is 14.1. The minimum Gasteiger partial charge on any atom is -0.377 e. The van der Waals surface area contributed by atoms with Gasteiger partial charge in [-0.3, -0.25) is 4.79 Å². The molecule has 1 heterocycles. The SMILES string of the molecule is O=C(NCCCOCc1ccccc1)c1csc(I)c1. The molecule has 2 aromatic rings. The fourth-order valence-electron chi connectivity index (χ4n) is 1.67. The summed E-state index contributed by atoms with van der Waals surface area (Å²) in [5.41, 5.74) is 1.91. The first kappa shape index (κ1) is 15.5. The topological polar surface area (TPSA) is 38.3 Å². The third-order valence-electron chi connectivity index (χ3n) is 2.69. The van der Waals surface area contributed by atoms with Gasteiger partial charge in [0.15, 0.2) is 0 Å². The lowest BCUT2D eigenvalue weighted by atomic mass is 10.2. The molecule has 3 nitrogen and oxygen atoms in total. The van der Waals surface area contributed by atoms with Gasteiger partial charge in [0.25, 0.3) is 5.91 Å². The van der Waals surface area contributed by atoms with Crippen molar-refractivity contribution >= 4 is 39.8 Å². The van der Waals surface area contributed by atoms with Crippen molar-refractivity contribution in [3.05, 3.63) is 55.8 Å². The Bertz CT molecular complexity index is 542. The minimum absolute atomic E-state index is 0.00720. The monoisotopic (exact) mass is 401 g/mol. The zero-order valence-electron chi connectivity index (χ0n) is 11.0. The van der Waals surface area contributed by atoms with E-state index in [1.807, 2.05) is 41.8 Å². The third-order valence-corrected chi connectivity index (χ3v) is 4.48. The summed E-state index contributed by atoms with van der Waals surface area (Å²) in [4.78, 5) is 11.8. The molecule has 0 radical (unpaired) electrons. The van der Waals surface area contributed by atoms with Crippen LogP contribution in [0.15, 0.2) is 41.8 Å². The van der Waals surface area contributed by atoms with Gasteiger partial charge in [0.1, 0.15) is 0 Å². The second-order valence-electron chi connectivity index (χ2n) is 4.29. The zero-order valence-corrected chi connectivity index (χ0v) is 13.9. The van der Waals surface area contributed by atoms with Crippen LogP contribution in [-0.2, 0) is 11.3 Å². The first-order valence-corrected chi connectivity index (χ1v) is 8.35. The predicted octanol–water partition coefficient (Wildman–Crippen LogP) is 3.69. The van der Waals surface area contributed by atoms with Crippen molar-refractivity contribution in [2.24, 2.45) is 0 Å². The molecule has 5 heteroatoms. The number of rotatable bonds is 7. The summed E-state index contributed by atoms with van der Waals surface area (Å²) in [5, 5.41) is 4.77. The van der Waals surface area contributed by atoms with E-state index in [9.17, 15) is 4.79 Å². The summed E-state index contributed by atoms with van der Waals surface area (Å²) in [6, 6.07) is 12.0. The van der Waals surface area contributed by atoms with E-state index in [0.717, 1.165) is 14.9 Å². The Labute approximate surface area is 136 Å². The number of ether oxygens (including phenoxy) is 1. The first-order valence-electron chi connectivity index (χ1n) is 6.39. The van der Waals surface area contributed by atoms with Gasteiger partial charge in [0, 0.05) is 18.5 Å². The smallest absolute Gasteiger partial charge is 0.252 e. The Morgan fingerprint density at radius 3 is 2.80 bits per heavy atom. The van der Waals surface area contributed by atoms with Crippen LogP contribution in [0.2, 0.25) is 0 Å². The van der Waals surface area contributed by atoms with E-state index in [4.69, 9.17) is 4.74 Å². The number of halogens is 1. The third kappa shape index (κ3) is 5.22. The molecule has 1 aromatic carbocycles. The van der Waals surface area contributed by atoms with Crippen LogP contribution in [0.3, 0.4) is 0 Å². The summed E-state index contributed by atoms with van der Waals surface area (Å²) >= 11 is 3.79. The van der Waals surface area contributed by atoms with Gasteiger partial charge in [-0.1, -0.05) is 30.3 Å². The molecule has 1 N–H and O–H groups in total. The molecular weight excluding hydrogens is 385 g/mol. The summed E-state index contributed by atoms with van der Waals surface area (Å²) in [6.07, 6.45) is 0.819. The maximum absolute atomic E-state index is 11.8. The Kier molecular flexibility index (Phi) is 6.49. The Morgan fingerprint density at radius 1 is 1.30 bits per heavy atom. The molecule has 0 saturated heterocycles. The molecule has 0 aliphatic rings. The second kappa shape index (κ2) is 8.39. The Balaban J connectivity index is 1.57. The van der Waals surface area contributed by atoms with Gasteiger partial charge in [0.05, 0.1) is 15.1 Å². The molecule has 0 aliphatic heterocycles. The summed E-state index contributed by atoms with van der Waals surface area (Å²) < 4.78 is 6.68. The number of amides is 1. The molecule has 0 aliphatic carbocycles. The lowest BCUT2D eigenvalue weighted by Gasteiger charge is -2.05. The van der Waals surface area contributed by atoms with E-state index < -0.39 is 0 Å². The van der Waals surface area contributed by atoms with Crippen LogP contribution in [0, 0.1) is 2.88 Å². The molecule has 20 heavy (non-hydrogen) atoms. The van der Waals surface area contributed by atoms with Crippen LogP contribution in [0.1, 0.15) is 22.3 Å². The molecule has 106 valence electrons. The van der Waals surface area contributed by atoms with Crippen molar-refractivity contribution in [1.82, 2.24) is 5.32 Å². The Morgan fingerprint density at radius 2 is 2.10 bits per heavy atom. The summed E-state index contributed by atoms with van der Waals surface area (Å²) in [6.45, 7) is 1.91. The van der Waals surface area contributed by atoms with Crippen LogP contribution in [0.25, 0.3) is 0 Å². The van der Waals surface area contributed by atoms with E-state index in [0.29, 0.717) is 19.8 Å². The number of benzene rings is 1. The van der Waals surface area contributed by atoms with Crippen LogP contribution >= 0.6 is 33.9 Å². The van der Waals surface area contributed by atoms with Crippen LogP contribution in [-0.4, -0.2) is 19.1 Å². The predicted molar refractivity (Wildman–Crippen MR) is 90.1 cm³/mol. The minimum atomic E-state index is -0.00720. The fourth-order valence-corrected chi connectivity index (χ4v) is 3.00. The lowest BCUT2D eigenvalue weighted by Crippen LogP contribution is -2.24. The van der Waals surface area contributed by atoms with E-state index in [-0.39, 0.29) is 5.91 Å². The standard InChI is InChI=1S/C15H16INO2S/c16-14-9-13(11-20-14)15(18)17-7-4-8-19-10-12-5-2-1-3-6-12/h1-3,5-6,9,11H,4,7-8,10H2,(H,17,18). The molecular formula is C15H16INO2S. The van der Waals surface area contributed by atoms with Crippen LogP contribution in [0.5, 0.6) is 0 Å². The average molecular weight is 401 g/mol. The second-order valence-corrected chi connectivity index (χ2v) is 7.09. The number of hydrogen-bond donors (Lipinski definition) is 1. The molecule has 0 atom stereocenters. The highest BCUT2D eigenvalue weighted by Gasteiger charge is 2.06. The van der Waals surface area contributed by atoms with Crippen molar-refractivity contribution in [3.63, 3.8) is 0 Å². The van der Waals surface area contributed by atoms with Crippen molar-refractivity contribution in [1.29, 1.82) is 0 Å². The lowest BCUT2D eigenvalue weighted by molar-refractivity contribution is 0.0935. The van der Waals surface area contributed by atoms with E-state index in [2.05, 4.69) is 27.9 Å². The number of hydrogen-bond acceptors (Lipinski definition) is 3. The van der Waals surface area contributed by atoms with Gasteiger partial charge >= 0.3 is 0 Å². The van der Waals surface area contributed by atoms with Crippen molar-refractivity contribution in [3.8, 4) is 0 Å². The summed E-state index contributed by atoms with van der Waals surface area (Å²) in [7, 11) is 0. The Hall–Kier alpha value is -0.920. The van der Waals surface area contributed by atoms with Gasteiger partial charge in [0.2, 0.25) is 0 Å². The maximum Gasteiger partial charge on any atom is 0.252 e. The van der Waals surface area contributed by atoms with E-state index in [1.165, 1.54) is 5.56 Å². The molecule has 1 amide bonds. The van der Waals surface area contributed by atoms with Gasteiger partial charge < -0.3 is 10.1 Å². The molecule has 0 bridgehead atoms. The molecule has 1 aromatic heterocycles. The number of carbonyl (C=O) groups is 1. The highest BCUT2D eigenvalue weighted by Crippen LogP contribution is 2.16. The van der Waals surface area contributed by atoms with Crippen LogP contribution in [0.4, 0.5) is 0 Å². The normalized spacial score (nSPS) is 10.4. The molecule has 0 fully saturated rings. The number of carbonyl (C=O) groups excluding carboxylic acids is 1. The van der Waals surface area contributed by atoms with Crippen molar-refractivity contribution in [2.45, 2.75) is 13.0 Å². The molecule has 0 unspecified atom stereocenters. The quantitative estimate of drug-likeness (QED) is 0.568. The average Bonchev–Trinajstić information content (AvgIpc) is 2.90. The molecule has 0 saturated carbocycles. The van der Waals surface area contributed by atoms with E-state index >= 15 is 0 Å². The highest BCUT2D eigenvalue weighted by atomic mass is 127. The van der Waals surface area contributed by atoms with Crippen molar-refractivity contribution in [2.75, 3.05) is 13.2 Å². The first-order chi connectivity index (χ1) is 9.75. The number of thiophene rings is 1. The maximum atomic E-state index is 11.8. The van der Waals surface area contributed by atoms with Crippen LogP contribution < -0.4 is 5.32 Å². The van der Waals surface area contributed by atoms with Gasteiger partial charge in [-0.15, -0.1) is 11.3 Å². The molecule has 0 spiro atoms. The fraction of sp³-hybridized carbons (Fsp3) is 0.267. The van der Waals surface area contributed by atoms with Gasteiger partial charge in [-0.25, -0.2) is 0 Å². The largest absolute Gasteiger partial charge is 0.377 e. The van der Waals surface area contributed by atoms with E-state index in [1.54, 1.807) is 11.3 Å². The van der Waals surface area contributed by atoms with Gasteiger partial charge in [-0.05, 0) is 40.6 Å².